The predicted molar refractivity (Wildman–Crippen MR) is 51.2 cm³/mol. The summed E-state index contributed by atoms with van der Waals surface area (Å²) in [6, 6.07) is 3.56. The Labute approximate surface area is 82.5 Å². The van der Waals surface area contributed by atoms with Gasteiger partial charge in [-0.1, -0.05) is 0 Å². The van der Waals surface area contributed by atoms with E-state index >= 15 is 0 Å². The average molecular weight is 195 g/mol. The van der Waals surface area contributed by atoms with Gasteiger partial charge in [-0.15, -0.1) is 0 Å². The third-order valence-electron chi connectivity index (χ3n) is 1.94. The number of nitrogens with zero attached hydrogens (tertiary/aromatic N) is 1. The van der Waals surface area contributed by atoms with Crippen LogP contribution in [0.3, 0.4) is 0 Å². The van der Waals surface area contributed by atoms with Gasteiger partial charge in [0.05, 0.1) is 7.11 Å². The van der Waals surface area contributed by atoms with Gasteiger partial charge < -0.3 is 9.53 Å². The van der Waals surface area contributed by atoms with Gasteiger partial charge in [-0.3, -0.25) is 4.57 Å². The van der Waals surface area contributed by atoms with Gasteiger partial charge in [0.15, 0.2) is 0 Å². The summed E-state index contributed by atoms with van der Waals surface area (Å²) in [6.07, 6.45) is 2.22. The van der Waals surface area contributed by atoms with Crippen LogP contribution in [0.4, 0.5) is 4.79 Å². The van der Waals surface area contributed by atoms with Crippen LogP contribution in [0, 0.1) is 0 Å². The highest BCUT2D eigenvalue weighted by Crippen LogP contribution is 2.06. The van der Waals surface area contributed by atoms with Gasteiger partial charge in [0.1, 0.15) is 5.78 Å². The lowest BCUT2D eigenvalue weighted by molar-refractivity contribution is -0.117. The largest absolute Gasteiger partial charge is 0.452 e. The Morgan fingerprint density at radius 3 is 2.79 bits per heavy atom. The Morgan fingerprint density at radius 2 is 2.21 bits per heavy atom. The maximum absolute atomic E-state index is 11.2. The van der Waals surface area contributed by atoms with Crippen LogP contribution in [-0.2, 0) is 16.0 Å². The highest BCUT2D eigenvalue weighted by atomic mass is 16.5. The Bertz CT molecular complexity index is 341. The third-order valence-corrected chi connectivity index (χ3v) is 1.94. The van der Waals surface area contributed by atoms with Crippen molar-refractivity contribution in [3.05, 3.63) is 24.0 Å². The van der Waals surface area contributed by atoms with Gasteiger partial charge >= 0.3 is 6.09 Å². The van der Waals surface area contributed by atoms with Crippen LogP contribution in [0.25, 0.3) is 0 Å². The Morgan fingerprint density at radius 1 is 1.50 bits per heavy atom. The van der Waals surface area contributed by atoms with Crippen LogP contribution in [-0.4, -0.2) is 23.6 Å². The van der Waals surface area contributed by atoms with Gasteiger partial charge in [-0.2, -0.15) is 0 Å². The molecule has 0 N–H and O–H groups in total. The summed E-state index contributed by atoms with van der Waals surface area (Å²) >= 11 is 0. The molecule has 76 valence electrons. The highest BCUT2D eigenvalue weighted by Gasteiger charge is 2.08. The molecule has 0 aliphatic heterocycles. The number of Topliss-reactive ketones (excluding diaryl/α,β-unsaturated/α-hetero) is 1. The lowest BCUT2D eigenvalue weighted by Gasteiger charge is -2.04. The fourth-order valence-corrected chi connectivity index (χ4v) is 1.20. The maximum atomic E-state index is 11.2. The first-order chi connectivity index (χ1) is 6.65. The minimum absolute atomic E-state index is 0.114. The molecule has 0 saturated heterocycles. The van der Waals surface area contributed by atoms with Crippen molar-refractivity contribution in [2.75, 3.05) is 7.11 Å². The average Bonchev–Trinajstić information content (AvgIpc) is 2.61. The molecule has 0 aliphatic carbocycles. The summed E-state index contributed by atoms with van der Waals surface area (Å²) in [6.45, 7) is 1.53. The molecule has 0 bridgehead atoms. The molecule has 0 radical (unpaired) electrons. The topological polar surface area (TPSA) is 48.3 Å². The highest BCUT2D eigenvalue weighted by molar-refractivity contribution is 5.76. The number of aromatic nitrogens is 1. The molecular weight excluding hydrogens is 182 g/mol. The summed E-state index contributed by atoms with van der Waals surface area (Å²) < 4.78 is 5.99. The Kier molecular flexibility index (Phi) is 3.45. The molecule has 0 atom stereocenters. The lowest BCUT2D eigenvalue weighted by Crippen LogP contribution is -2.13. The number of carbonyl (C=O) groups is 2. The van der Waals surface area contributed by atoms with Crippen molar-refractivity contribution in [2.24, 2.45) is 0 Å². The van der Waals surface area contributed by atoms with E-state index in [4.69, 9.17) is 0 Å². The first kappa shape index (κ1) is 10.5. The van der Waals surface area contributed by atoms with E-state index in [1.54, 1.807) is 18.3 Å². The van der Waals surface area contributed by atoms with Crippen molar-refractivity contribution in [1.29, 1.82) is 0 Å². The number of methoxy groups -OCH3 is 1. The van der Waals surface area contributed by atoms with Crippen LogP contribution in [0.1, 0.15) is 19.0 Å². The summed E-state index contributed by atoms with van der Waals surface area (Å²) in [7, 11) is 1.33. The van der Waals surface area contributed by atoms with E-state index in [1.807, 2.05) is 0 Å². The van der Waals surface area contributed by atoms with Crippen molar-refractivity contribution in [3.63, 3.8) is 0 Å². The molecule has 1 aromatic heterocycles. The molecule has 1 rings (SSSR count). The molecule has 4 nitrogen and oxygen atoms in total. The van der Waals surface area contributed by atoms with Crippen LogP contribution >= 0.6 is 0 Å². The van der Waals surface area contributed by atoms with Gasteiger partial charge in [-0.25, -0.2) is 4.79 Å². The van der Waals surface area contributed by atoms with E-state index < -0.39 is 6.09 Å². The fraction of sp³-hybridized carbons (Fsp3) is 0.400. The second-order valence-corrected chi connectivity index (χ2v) is 3.04. The molecule has 1 heterocycles. The number of hydrogen-bond acceptors (Lipinski definition) is 3. The molecule has 0 unspecified atom stereocenters. The fourth-order valence-electron chi connectivity index (χ4n) is 1.20. The molecule has 0 aromatic carbocycles. The minimum atomic E-state index is -0.423. The number of carbonyl (C=O) groups excluding carboxylic acids is 2. The molecule has 0 spiro atoms. The molecule has 0 amide bonds. The maximum Gasteiger partial charge on any atom is 0.417 e. The van der Waals surface area contributed by atoms with E-state index in [-0.39, 0.29) is 5.78 Å². The molecule has 1 aromatic rings. The van der Waals surface area contributed by atoms with Crippen LogP contribution in [0.15, 0.2) is 18.3 Å². The molecule has 4 heteroatoms. The number of rotatable bonds is 3. The molecule has 0 fully saturated rings. The quantitative estimate of drug-likeness (QED) is 0.736. The number of hydrogen-bond donors (Lipinski definition) is 0. The summed E-state index contributed by atoms with van der Waals surface area (Å²) in [5.41, 5.74) is 0.798. The first-order valence-electron chi connectivity index (χ1n) is 4.39. The van der Waals surface area contributed by atoms with Gasteiger partial charge in [0, 0.05) is 18.3 Å². The van der Waals surface area contributed by atoms with Crippen molar-refractivity contribution < 1.29 is 14.3 Å². The Balaban J connectivity index is 2.72. The van der Waals surface area contributed by atoms with E-state index in [0.717, 1.165) is 5.69 Å². The SMILES string of the molecule is COC(=O)n1cccc1CCC(C)=O. The molecule has 14 heavy (non-hydrogen) atoms. The van der Waals surface area contributed by atoms with Gasteiger partial charge in [0.2, 0.25) is 0 Å². The third kappa shape index (κ3) is 2.45. The van der Waals surface area contributed by atoms with Crippen LogP contribution in [0.5, 0.6) is 0 Å². The number of aryl methyl sites for hydroxylation is 1. The van der Waals surface area contributed by atoms with Crippen LogP contribution < -0.4 is 0 Å². The second-order valence-electron chi connectivity index (χ2n) is 3.04. The zero-order chi connectivity index (χ0) is 10.6. The minimum Gasteiger partial charge on any atom is -0.452 e. The monoisotopic (exact) mass is 195 g/mol. The molecule has 0 aliphatic rings. The van der Waals surface area contributed by atoms with Crippen molar-refractivity contribution in [3.8, 4) is 0 Å². The first-order valence-corrected chi connectivity index (χ1v) is 4.39. The lowest BCUT2D eigenvalue weighted by atomic mass is 10.2. The zero-order valence-corrected chi connectivity index (χ0v) is 8.32. The predicted octanol–water partition coefficient (Wildman–Crippen LogP) is 1.62. The molecular formula is C10H13NO3. The van der Waals surface area contributed by atoms with Crippen molar-refractivity contribution in [2.45, 2.75) is 19.8 Å². The molecule has 0 saturated carbocycles. The normalized spacial score (nSPS) is 9.86. The second kappa shape index (κ2) is 4.60. The van der Waals surface area contributed by atoms with Crippen molar-refractivity contribution in [1.82, 2.24) is 4.57 Å². The zero-order valence-electron chi connectivity index (χ0n) is 8.32. The van der Waals surface area contributed by atoms with Gasteiger partial charge in [-0.05, 0) is 25.5 Å². The van der Waals surface area contributed by atoms with E-state index in [2.05, 4.69) is 4.74 Å². The van der Waals surface area contributed by atoms with E-state index in [1.165, 1.54) is 18.6 Å². The number of ether oxygens (including phenoxy) is 1. The Hall–Kier alpha value is -1.58. The van der Waals surface area contributed by atoms with E-state index in [0.29, 0.717) is 12.8 Å². The van der Waals surface area contributed by atoms with Crippen LogP contribution in [0.2, 0.25) is 0 Å². The van der Waals surface area contributed by atoms with E-state index in [9.17, 15) is 9.59 Å². The van der Waals surface area contributed by atoms with Crippen molar-refractivity contribution >= 4 is 11.9 Å². The summed E-state index contributed by atoms with van der Waals surface area (Å²) in [5.74, 6) is 0.114. The standard InChI is InChI=1S/C10H13NO3/c1-8(12)5-6-9-4-3-7-11(9)10(13)14-2/h3-4,7H,5-6H2,1-2H3. The summed E-state index contributed by atoms with van der Waals surface area (Å²) in [5, 5.41) is 0. The summed E-state index contributed by atoms with van der Waals surface area (Å²) in [4.78, 5) is 22.0. The van der Waals surface area contributed by atoms with Gasteiger partial charge in [0.25, 0.3) is 0 Å². The number of ketones is 1. The smallest absolute Gasteiger partial charge is 0.417 e.